The molecule has 0 atom stereocenters. The molecule has 42 heavy (non-hydrogen) atoms. The number of nitriles is 1. The van der Waals surface area contributed by atoms with E-state index in [0.717, 1.165) is 65.2 Å². The number of para-hydroxylation sites is 2. The van der Waals surface area contributed by atoms with Gasteiger partial charge in [-0.1, -0.05) is 66.7 Å². The molecule has 0 aliphatic carbocycles. The summed E-state index contributed by atoms with van der Waals surface area (Å²) in [5, 5.41) is 13.5. The number of thiazole rings is 2. The maximum Gasteiger partial charge on any atom is 0.124 e. The van der Waals surface area contributed by atoms with E-state index in [4.69, 9.17) is 9.97 Å². The molecule has 2 heterocycles. The number of benzene rings is 6. The van der Waals surface area contributed by atoms with Gasteiger partial charge in [0.15, 0.2) is 0 Å². The van der Waals surface area contributed by atoms with Crippen LogP contribution in [0.2, 0.25) is 0 Å². The number of aromatic nitrogens is 2. The zero-order chi connectivity index (χ0) is 28.0. The third-order valence-corrected chi connectivity index (χ3v) is 9.71. The van der Waals surface area contributed by atoms with Crippen LogP contribution in [0.4, 0.5) is 0 Å². The Balaban J connectivity index is 1.25. The van der Waals surface area contributed by atoms with Crippen LogP contribution < -0.4 is 0 Å². The molecule has 6 aromatic carbocycles. The molecule has 196 valence electrons. The minimum atomic E-state index is 0.671. The van der Waals surface area contributed by atoms with Crippen LogP contribution in [0.15, 0.2) is 127 Å². The van der Waals surface area contributed by atoms with Gasteiger partial charge >= 0.3 is 0 Å². The summed E-state index contributed by atoms with van der Waals surface area (Å²) in [6, 6.07) is 46.5. The van der Waals surface area contributed by atoms with E-state index in [1.807, 2.05) is 30.3 Å². The number of rotatable bonds is 4. The van der Waals surface area contributed by atoms with Crippen molar-refractivity contribution in [3.63, 3.8) is 0 Å². The van der Waals surface area contributed by atoms with Crippen molar-refractivity contribution in [2.75, 3.05) is 0 Å². The SMILES string of the molecule is N#Cc1ccc2cc(-c3cc(-c4ccc(-c5nc6ccccc6s5)cc4)cc(-c4nc5ccccc5s4)c3)ccc2c1. The van der Waals surface area contributed by atoms with Crippen LogP contribution in [-0.4, -0.2) is 9.97 Å². The monoisotopic (exact) mass is 571 g/mol. The second-order valence-corrected chi connectivity index (χ2v) is 12.3. The van der Waals surface area contributed by atoms with Gasteiger partial charge in [-0.05, 0) is 93.7 Å². The highest BCUT2D eigenvalue weighted by Crippen LogP contribution is 2.38. The van der Waals surface area contributed by atoms with Crippen molar-refractivity contribution >= 4 is 53.9 Å². The van der Waals surface area contributed by atoms with Crippen molar-refractivity contribution in [2.45, 2.75) is 0 Å². The average molecular weight is 572 g/mol. The fourth-order valence-corrected chi connectivity index (χ4v) is 7.30. The normalized spacial score (nSPS) is 11.3. The lowest BCUT2D eigenvalue weighted by Gasteiger charge is -2.11. The molecule has 3 nitrogen and oxygen atoms in total. The van der Waals surface area contributed by atoms with Crippen LogP contribution in [0.3, 0.4) is 0 Å². The molecule has 8 aromatic rings. The van der Waals surface area contributed by atoms with Gasteiger partial charge in [0.1, 0.15) is 10.0 Å². The predicted molar refractivity (Wildman–Crippen MR) is 177 cm³/mol. The largest absolute Gasteiger partial charge is 0.236 e. The molecule has 8 rings (SSSR count). The van der Waals surface area contributed by atoms with E-state index in [9.17, 15) is 5.26 Å². The summed E-state index contributed by atoms with van der Waals surface area (Å²) in [5.41, 5.74) is 9.47. The van der Waals surface area contributed by atoms with Crippen molar-refractivity contribution in [3.8, 4) is 49.5 Å². The van der Waals surface area contributed by atoms with Crippen molar-refractivity contribution in [3.05, 3.63) is 133 Å². The van der Waals surface area contributed by atoms with Crippen molar-refractivity contribution < 1.29 is 0 Å². The van der Waals surface area contributed by atoms with Gasteiger partial charge in [0.25, 0.3) is 0 Å². The molecule has 0 amide bonds. The molecule has 0 spiro atoms. The predicted octanol–water partition coefficient (Wildman–Crippen LogP) is 10.6. The Morgan fingerprint density at radius 3 is 1.64 bits per heavy atom. The van der Waals surface area contributed by atoms with Gasteiger partial charge in [-0.2, -0.15) is 5.26 Å². The van der Waals surface area contributed by atoms with Crippen molar-refractivity contribution in [1.82, 2.24) is 9.97 Å². The van der Waals surface area contributed by atoms with E-state index in [0.29, 0.717) is 5.56 Å². The van der Waals surface area contributed by atoms with Crippen LogP contribution in [0.1, 0.15) is 5.56 Å². The van der Waals surface area contributed by atoms with Crippen LogP contribution >= 0.6 is 22.7 Å². The molecule has 0 N–H and O–H groups in total. The lowest BCUT2D eigenvalue weighted by Crippen LogP contribution is -1.87. The van der Waals surface area contributed by atoms with Gasteiger partial charge in [0.05, 0.1) is 32.1 Å². The zero-order valence-electron chi connectivity index (χ0n) is 22.3. The third-order valence-electron chi connectivity index (χ3n) is 7.54. The molecule has 0 aliphatic rings. The summed E-state index contributed by atoms with van der Waals surface area (Å²) in [7, 11) is 0. The Morgan fingerprint density at radius 1 is 0.452 bits per heavy atom. The fourth-order valence-electron chi connectivity index (χ4n) is 5.38. The Morgan fingerprint density at radius 2 is 0.976 bits per heavy atom. The number of fused-ring (bicyclic) bond motifs is 3. The quantitative estimate of drug-likeness (QED) is 0.211. The van der Waals surface area contributed by atoms with E-state index in [2.05, 4.69) is 103 Å². The van der Waals surface area contributed by atoms with Crippen molar-refractivity contribution in [1.29, 1.82) is 5.26 Å². The Bertz CT molecular complexity index is 2260. The van der Waals surface area contributed by atoms with Crippen LogP contribution in [0.25, 0.3) is 74.6 Å². The molecule has 0 fully saturated rings. The summed E-state index contributed by atoms with van der Waals surface area (Å²) >= 11 is 3.44. The molecule has 0 saturated carbocycles. The topological polar surface area (TPSA) is 49.6 Å². The first-order chi connectivity index (χ1) is 20.7. The van der Waals surface area contributed by atoms with Crippen LogP contribution in [-0.2, 0) is 0 Å². The van der Waals surface area contributed by atoms with Crippen LogP contribution in [0.5, 0.6) is 0 Å². The molecule has 5 heteroatoms. The van der Waals surface area contributed by atoms with Crippen molar-refractivity contribution in [2.24, 2.45) is 0 Å². The first kappa shape index (κ1) is 24.6. The Labute approximate surface area is 250 Å². The minimum Gasteiger partial charge on any atom is -0.236 e. The number of hydrogen-bond donors (Lipinski definition) is 0. The van der Waals surface area contributed by atoms with E-state index in [1.165, 1.54) is 9.40 Å². The highest BCUT2D eigenvalue weighted by atomic mass is 32.1. The maximum atomic E-state index is 9.32. The zero-order valence-corrected chi connectivity index (χ0v) is 23.9. The smallest absolute Gasteiger partial charge is 0.124 e. The second kappa shape index (κ2) is 10.0. The highest BCUT2D eigenvalue weighted by molar-refractivity contribution is 7.22. The summed E-state index contributed by atoms with van der Waals surface area (Å²) in [6.45, 7) is 0. The van der Waals surface area contributed by atoms with Gasteiger partial charge in [-0.3, -0.25) is 0 Å². The molecule has 2 aromatic heterocycles. The number of nitrogens with zero attached hydrogens (tertiary/aromatic N) is 3. The lowest BCUT2D eigenvalue weighted by atomic mass is 9.94. The average Bonchev–Trinajstić information content (AvgIpc) is 3.69. The first-order valence-electron chi connectivity index (χ1n) is 13.6. The van der Waals surface area contributed by atoms with Gasteiger partial charge in [-0.15, -0.1) is 22.7 Å². The van der Waals surface area contributed by atoms with E-state index < -0.39 is 0 Å². The molecule has 0 unspecified atom stereocenters. The van der Waals surface area contributed by atoms with Gasteiger partial charge in [-0.25, -0.2) is 9.97 Å². The van der Waals surface area contributed by atoms with Crippen LogP contribution in [0, 0.1) is 11.3 Å². The maximum absolute atomic E-state index is 9.32. The van der Waals surface area contributed by atoms with E-state index >= 15 is 0 Å². The summed E-state index contributed by atoms with van der Waals surface area (Å²) < 4.78 is 2.38. The molecule has 0 radical (unpaired) electrons. The number of hydrogen-bond acceptors (Lipinski definition) is 5. The lowest BCUT2D eigenvalue weighted by molar-refractivity contribution is 1.47. The summed E-state index contributed by atoms with van der Waals surface area (Å²) in [4.78, 5) is 9.82. The molecular weight excluding hydrogens is 551 g/mol. The highest BCUT2D eigenvalue weighted by Gasteiger charge is 2.13. The summed E-state index contributed by atoms with van der Waals surface area (Å²) in [5.74, 6) is 0. The Hall–Kier alpha value is -5.15. The third kappa shape index (κ3) is 4.44. The van der Waals surface area contributed by atoms with Gasteiger partial charge in [0.2, 0.25) is 0 Å². The first-order valence-corrected chi connectivity index (χ1v) is 15.3. The Kier molecular flexibility index (Phi) is 5.89. The van der Waals surface area contributed by atoms with E-state index in [1.54, 1.807) is 22.7 Å². The van der Waals surface area contributed by atoms with Gasteiger partial charge < -0.3 is 0 Å². The molecular formula is C37H21N3S2. The second-order valence-electron chi connectivity index (χ2n) is 10.2. The molecule has 0 saturated heterocycles. The van der Waals surface area contributed by atoms with E-state index in [-0.39, 0.29) is 0 Å². The minimum absolute atomic E-state index is 0.671. The standard InChI is InChI=1S/C37H21N3S2/c38-22-23-9-10-27-18-28(16-15-26(27)17-23)30-19-29(20-31(21-30)37-40-33-6-2-4-8-35(33)42-37)24-11-13-25(14-12-24)36-39-32-5-1-3-7-34(32)41-36/h1-21H. The molecule has 0 aliphatic heterocycles. The fraction of sp³-hybridized carbons (Fsp3) is 0. The van der Waals surface area contributed by atoms with Gasteiger partial charge in [0, 0.05) is 11.1 Å². The summed E-state index contributed by atoms with van der Waals surface area (Å²) in [6.07, 6.45) is 0. The molecule has 0 bridgehead atoms.